The maximum atomic E-state index is 10.9. The van der Waals surface area contributed by atoms with Crippen molar-refractivity contribution in [3.8, 4) is 5.75 Å². The molecule has 0 amide bonds. The second kappa shape index (κ2) is 5.98. The zero-order valence-corrected chi connectivity index (χ0v) is 11.6. The Morgan fingerprint density at radius 2 is 1.85 bits per heavy atom. The summed E-state index contributed by atoms with van der Waals surface area (Å²) in [4.78, 5) is 10.3. The summed E-state index contributed by atoms with van der Waals surface area (Å²) in [6.07, 6.45) is 0. The minimum atomic E-state index is -0.573. The van der Waals surface area contributed by atoms with Gasteiger partial charge in [-0.05, 0) is 24.3 Å². The molecule has 0 unspecified atom stereocenters. The summed E-state index contributed by atoms with van der Waals surface area (Å²) in [5, 5.41) is 24.1. The van der Waals surface area contributed by atoms with E-state index in [1.54, 1.807) is 18.2 Å². The van der Waals surface area contributed by atoms with E-state index in [2.05, 4.69) is 5.32 Å². The monoisotopic (exact) mass is 312 g/mol. The van der Waals surface area contributed by atoms with Gasteiger partial charge in [0.1, 0.15) is 11.4 Å². The van der Waals surface area contributed by atoms with Crippen molar-refractivity contribution in [2.75, 3.05) is 5.32 Å². The molecule has 0 heterocycles. The van der Waals surface area contributed by atoms with Gasteiger partial charge in [-0.25, -0.2) is 0 Å². The van der Waals surface area contributed by atoms with Gasteiger partial charge in [-0.15, -0.1) is 0 Å². The molecule has 2 aromatic rings. The summed E-state index contributed by atoms with van der Waals surface area (Å²) in [5.74, 6) is -0.168. The van der Waals surface area contributed by atoms with Gasteiger partial charge in [0, 0.05) is 22.2 Å². The number of aromatic hydroxyl groups is 1. The van der Waals surface area contributed by atoms with Gasteiger partial charge in [-0.3, -0.25) is 10.1 Å². The number of hydrogen-bond acceptors (Lipinski definition) is 4. The molecule has 0 fully saturated rings. The zero-order valence-electron chi connectivity index (χ0n) is 10.1. The van der Waals surface area contributed by atoms with E-state index in [9.17, 15) is 15.2 Å². The van der Waals surface area contributed by atoms with Crippen LogP contribution in [0.4, 0.5) is 11.4 Å². The van der Waals surface area contributed by atoms with Gasteiger partial charge in [0.25, 0.3) is 5.69 Å². The first-order chi connectivity index (χ1) is 9.49. The number of benzene rings is 2. The van der Waals surface area contributed by atoms with Crippen LogP contribution in [0.1, 0.15) is 5.56 Å². The summed E-state index contributed by atoms with van der Waals surface area (Å²) in [6.45, 7) is 0.240. The van der Waals surface area contributed by atoms with E-state index in [-0.39, 0.29) is 23.7 Å². The van der Waals surface area contributed by atoms with Crippen molar-refractivity contribution >= 4 is 34.6 Å². The summed E-state index contributed by atoms with van der Waals surface area (Å²) in [6, 6.07) is 8.97. The molecule has 7 heteroatoms. The fourth-order valence-electron chi connectivity index (χ4n) is 1.71. The van der Waals surface area contributed by atoms with Crippen LogP contribution in [0.5, 0.6) is 5.75 Å². The average Bonchev–Trinajstić information content (AvgIpc) is 2.39. The Labute approximate surface area is 124 Å². The van der Waals surface area contributed by atoms with Gasteiger partial charge >= 0.3 is 0 Å². The molecule has 0 saturated heterocycles. The summed E-state index contributed by atoms with van der Waals surface area (Å²) in [7, 11) is 0. The third kappa shape index (κ3) is 3.12. The van der Waals surface area contributed by atoms with E-state index in [1.807, 2.05) is 0 Å². The lowest BCUT2D eigenvalue weighted by molar-refractivity contribution is -0.384. The Bertz CT molecular complexity index is 642. The molecule has 0 aliphatic rings. The van der Waals surface area contributed by atoms with Crippen LogP contribution in [0.25, 0.3) is 0 Å². The largest absolute Gasteiger partial charge is 0.508 e. The minimum Gasteiger partial charge on any atom is -0.508 e. The van der Waals surface area contributed by atoms with Gasteiger partial charge in [-0.2, -0.15) is 0 Å². The smallest absolute Gasteiger partial charge is 0.296 e. The first kappa shape index (κ1) is 14.4. The Morgan fingerprint density at radius 1 is 1.20 bits per heavy atom. The number of nitrogens with zero attached hydrogens (tertiary/aromatic N) is 1. The molecule has 0 aliphatic carbocycles. The first-order valence-corrected chi connectivity index (χ1v) is 6.39. The Balaban J connectivity index is 2.25. The van der Waals surface area contributed by atoms with E-state index >= 15 is 0 Å². The average molecular weight is 313 g/mol. The topological polar surface area (TPSA) is 75.4 Å². The molecule has 104 valence electrons. The van der Waals surface area contributed by atoms with Crippen LogP contribution in [0, 0.1) is 10.1 Å². The Morgan fingerprint density at radius 3 is 2.45 bits per heavy atom. The molecule has 2 rings (SSSR count). The maximum absolute atomic E-state index is 10.9. The number of phenols is 1. The SMILES string of the molecule is O=[N+]([O-])c1cc(O)ccc1NCc1c(Cl)cccc1Cl. The molecule has 0 atom stereocenters. The Hall–Kier alpha value is -1.98. The van der Waals surface area contributed by atoms with Crippen molar-refractivity contribution in [2.45, 2.75) is 6.54 Å². The molecular formula is C13H10Cl2N2O3. The van der Waals surface area contributed by atoms with Crippen molar-refractivity contribution in [3.05, 3.63) is 62.1 Å². The van der Waals surface area contributed by atoms with Crippen LogP contribution in [0.3, 0.4) is 0 Å². The van der Waals surface area contributed by atoms with Crippen LogP contribution in [0.2, 0.25) is 10.0 Å². The highest BCUT2D eigenvalue weighted by molar-refractivity contribution is 6.36. The number of nitro benzene ring substituents is 1. The highest BCUT2D eigenvalue weighted by atomic mass is 35.5. The molecule has 0 spiro atoms. The molecule has 2 N–H and O–H groups in total. The number of phenolic OH excluding ortho intramolecular Hbond substituents is 1. The standard InChI is InChI=1S/C13H10Cl2N2O3/c14-10-2-1-3-11(15)9(10)7-16-12-5-4-8(18)6-13(12)17(19)20/h1-6,16,18H,7H2. The molecular weight excluding hydrogens is 303 g/mol. The van der Waals surface area contributed by atoms with E-state index in [0.717, 1.165) is 6.07 Å². The van der Waals surface area contributed by atoms with E-state index in [1.165, 1.54) is 12.1 Å². The molecule has 5 nitrogen and oxygen atoms in total. The lowest BCUT2D eigenvalue weighted by Gasteiger charge is -2.10. The van der Waals surface area contributed by atoms with Crippen LogP contribution in [-0.2, 0) is 6.54 Å². The van der Waals surface area contributed by atoms with E-state index in [0.29, 0.717) is 15.6 Å². The van der Waals surface area contributed by atoms with Crippen molar-refractivity contribution in [3.63, 3.8) is 0 Å². The number of rotatable bonds is 4. The third-order valence-electron chi connectivity index (χ3n) is 2.70. The number of halogens is 2. The summed E-state index contributed by atoms with van der Waals surface area (Å²) in [5.41, 5.74) is 0.718. The van der Waals surface area contributed by atoms with Crippen molar-refractivity contribution < 1.29 is 10.0 Å². The second-order valence-corrected chi connectivity index (χ2v) is 4.83. The van der Waals surface area contributed by atoms with Gasteiger partial charge in [0.05, 0.1) is 11.0 Å². The fraction of sp³-hybridized carbons (Fsp3) is 0.0769. The molecule has 0 aromatic heterocycles. The number of anilines is 1. The second-order valence-electron chi connectivity index (χ2n) is 4.01. The van der Waals surface area contributed by atoms with Gasteiger partial charge in [-0.1, -0.05) is 29.3 Å². The predicted molar refractivity (Wildman–Crippen MR) is 78.5 cm³/mol. The van der Waals surface area contributed by atoms with Crippen LogP contribution >= 0.6 is 23.2 Å². The third-order valence-corrected chi connectivity index (χ3v) is 3.40. The quantitative estimate of drug-likeness (QED) is 0.503. The predicted octanol–water partition coefficient (Wildman–Crippen LogP) is 4.22. The van der Waals surface area contributed by atoms with Crippen molar-refractivity contribution in [2.24, 2.45) is 0 Å². The Kier molecular flexibility index (Phi) is 4.32. The highest BCUT2D eigenvalue weighted by Gasteiger charge is 2.15. The number of nitro groups is 1. The lowest BCUT2D eigenvalue weighted by atomic mass is 10.2. The summed E-state index contributed by atoms with van der Waals surface area (Å²) >= 11 is 12.0. The van der Waals surface area contributed by atoms with Gasteiger partial charge < -0.3 is 10.4 Å². The number of nitrogens with one attached hydrogen (secondary N) is 1. The van der Waals surface area contributed by atoms with Gasteiger partial charge in [0.2, 0.25) is 0 Å². The molecule has 20 heavy (non-hydrogen) atoms. The van der Waals surface area contributed by atoms with Crippen molar-refractivity contribution in [1.82, 2.24) is 0 Å². The highest BCUT2D eigenvalue weighted by Crippen LogP contribution is 2.30. The number of hydrogen-bond donors (Lipinski definition) is 2. The molecule has 0 aliphatic heterocycles. The normalized spacial score (nSPS) is 10.3. The van der Waals surface area contributed by atoms with E-state index < -0.39 is 4.92 Å². The fourth-order valence-corrected chi connectivity index (χ4v) is 2.24. The van der Waals surface area contributed by atoms with Crippen LogP contribution < -0.4 is 5.32 Å². The van der Waals surface area contributed by atoms with Crippen LogP contribution in [-0.4, -0.2) is 10.0 Å². The first-order valence-electron chi connectivity index (χ1n) is 5.63. The minimum absolute atomic E-state index is 0.168. The molecule has 0 bridgehead atoms. The van der Waals surface area contributed by atoms with E-state index in [4.69, 9.17) is 23.2 Å². The van der Waals surface area contributed by atoms with Gasteiger partial charge in [0.15, 0.2) is 0 Å². The zero-order chi connectivity index (χ0) is 14.7. The maximum Gasteiger partial charge on any atom is 0.296 e. The van der Waals surface area contributed by atoms with Crippen LogP contribution in [0.15, 0.2) is 36.4 Å². The van der Waals surface area contributed by atoms with Crippen molar-refractivity contribution in [1.29, 1.82) is 0 Å². The molecule has 2 aromatic carbocycles. The summed E-state index contributed by atoms with van der Waals surface area (Å²) < 4.78 is 0. The molecule has 0 saturated carbocycles. The lowest BCUT2D eigenvalue weighted by Crippen LogP contribution is -2.03. The molecule has 0 radical (unpaired) electrons.